The lowest BCUT2D eigenvalue weighted by atomic mass is 10.0. The standard InChI is InChI=1S/C20H28O4/c1-5-7-9-10-15-12-14-13-17(22-3)16(11-8-6-2)19(23-4)18(14)20(21)24-15/h12-13H,5-11H2,1-4H3. The molecule has 1 heterocycles. The Morgan fingerprint density at radius 3 is 2.33 bits per heavy atom. The van der Waals surface area contributed by atoms with Gasteiger partial charge in [-0.2, -0.15) is 0 Å². The van der Waals surface area contributed by atoms with Gasteiger partial charge in [-0.3, -0.25) is 0 Å². The minimum atomic E-state index is -0.323. The Balaban J connectivity index is 2.56. The molecule has 0 radical (unpaired) electrons. The number of hydrogen-bond donors (Lipinski definition) is 0. The Labute approximate surface area is 143 Å². The van der Waals surface area contributed by atoms with Crippen LogP contribution in [0.2, 0.25) is 0 Å². The summed E-state index contributed by atoms with van der Waals surface area (Å²) in [6, 6.07) is 3.88. The molecule has 132 valence electrons. The minimum Gasteiger partial charge on any atom is -0.496 e. The van der Waals surface area contributed by atoms with E-state index in [0.717, 1.165) is 67.4 Å². The van der Waals surface area contributed by atoms with Crippen LogP contribution in [0, 0.1) is 0 Å². The van der Waals surface area contributed by atoms with Gasteiger partial charge in [-0.1, -0.05) is 33.1 Å². The number of aryl methyl sites for hydroxylation is 1. The molecule has 0 aliphatic carbocycles. The van der Waals surface area contributed by atoms with Crippen LogP contribution in [0.4, 0.5) is 0 Å². The van der Waals surface area contributed by atoms with Crippen LogP contribution in [0.1, 0.15) is 57.3 Å². The number of ether oxygens (including phenoxy) is 2. The maximum atomic E-state index is 12.6. The van der Waals surface area contributed by atoms with Gasteiger partial charge in [-0.05, 0) is 36.8 Å². The van der Waals surface area contributed by atoms with Gasteiger partial charge in [0.1, 0.15) is 22.6 Å². The first-order valence-corrected chi connectivity index (χ1v) is 8.86. The predicted molar refractivity (Wildman–Crippen MR) is 97.4 cm³/mol. The fourth-order valence-electron chi connectivity index (χ4n) is 3.06. The lowest BCUT2D eigenvalue weighted by Gasteiger charge is -2.15. The fraction of sp³-hybridized carbons (Fsp3) is 0.550. The number of fused-ring (bicyclic) bond motifs is 1. The molecule has 0 atom stereocenters. The maximum Gasteiger partial charge on any atom is 0.347 e. The summed E-state index contributed by atoms with van der Waals surface area (Å²) < 4.78 is 16.7. The van der Waals surface area contributed by atoms with Gasteiger partial charge in [-0.15, -0.1) is 0 Å². The number of benzene rings is 1. The van der Waals surface area contributed by atoms with Crippen molar-refractivity contribution in [1.82, 2.24) is 0 Å². The highest BCUT2D eigenvalue weighted by atomic mass is 16.5. The third-order valence-corrected chi connectivity index (χ3v) is 4.35. The Bertz CT molecular complexity index is 730. The van der Waals surface area contributed by atoms with Crippen LogP contribution in [-0.4, -0.2) is 14.2 Å². The largest absolute Gasteiger partial charge is 0.496 e. The molecule has 0 N–H and O–H groups in total. The van der Waals surface area contributed by atoms with Crippen molar-refractivity contribution in [2.45, 2.75) is 58.8 Å². The summed E-state index contributed by atoms with van der Waals surface area (Å²) in [6.07, 6.45) is 6.96. The predicted octanol–water partition coefficient (Wildman–Crippen LogP) is 4.89. The van der Waals surface area contributed by atoms with E-state index in [1.54, 1.807) is 14.2 Å². The van der Waals surface area contributed by atoms with Crippen molar-refractivity contribution >= 4 is 10.8 Å². The van der Waals surface area contributed by atoms with E-state index >= 15 is 0 Å². The molecule has 4 nitrogen and oxygen atoms in total. The molecule has 0 aliphatic rings. The first-order valence-electron chi connectivity index (χ1n) is 8.86. The SMILES string of the molecule is CCCCCc1cc2cc(OC)c(CCCC)c(OC)c2c(=O)o1. The maximum absolute atomic E-state index is 12.6. The zero-order chi connectivity index (χ0) is 17.5. The van der Waals surface area contributed by atoms with Crippen molar-refractivity contribution in [3.63, 3.8) is 0 Å². The lowest BCUT2D eigenvalue weighted by Crippen LogP contribution is -2.07. The van der Waals surface area contributed by atoms with Crippen LogP contribution in [0.25, 0.3) is 10.8 Å². The zero-order valence-electron chi connectivity index (χ0n) is 15.2. The number of methoxy groups -OCH3 is 2. The van der Waals surface area contributed by atoms with Gasteiger partial charge in [-0.25, -0.2) is 4.79 Å². The normalized spacial score (nSPS) is 11.0. The van der Waals surface area contributed by atoms with Crippen molar-refractivity contribution in [3.8, 4) is 11.5 Å². The van der Waals surface area contributed by atoms with Gasteiger partial charge in [0, 0.05) is 12.0 Å². The highest BCUT2D eigenvalue weighted by Crippen LogP contribution is 2.36. The quantitative estimate of drug-likeness (QED) is 0.614. The molecule has 0 bridgehead atoms. The van der Waals surface area contributed by atoms with Gasteiger partial charge in [0.2, 0.25) is 0 Å². The van der Waals surface area contributed by atoms with E-state index < -0.39 is 0 Å². The van der Waals surface area contributed by atoms with E-state index in [0.29, 0.717) is 11.1 Å². The molecule has 0 saturated heterocycles. The van der Waals surface area contributed by atoms with Gasteiger partial charge >= 0.3 is 5.63 Å². The highest BCUT2D eigenvalue weighted by Gasteiger charge is 2.18. The van der Waals surface area contributed by atoms with Gasteiger partial charge in [0.15, 0.2) is 0 Å². The Hall–Kier alpha value is -1.97. The van der Waals surface area contributed by atoms with Crippen LogP contribution in [0.15, 0.2) is 21.3 Å². The molecule has 0 saturated carbocycles. The van der Waals surface area contributed by atoms with Gasteiger partial charge in [0.05, 0.1) is 14.2 Å². The molecule has 24 heavy (non-hydrogen) atoms. The average Bonchev–Trinajstić information content (AvgIpc) is 2.59. The molecule has 0 spiro atoms. The first kappa shape index (κ1) is 18.4. The molecule has 1 aromatic heterocycles. The topological polar surface area (TPSA) is 48.7 Å². The molecule has 0 unspecified atom stereocenters. The van der Waals surface area contributed by atoms with Gasteiger partial charge in [0.25, 0.3) is 0 Å². The Morgan fingerprint density at radius 2 is 1.71 bits per heavy atom. The number of hydrogen-bond acceptors (Lipinski definition) is 4. The van der Waals surface area contributed by atoms with Crippen LogP contribution in [-0.2, 0) is 12.8 Å². The van der Waals surface area contributed by atoms with E-state index in [4.69, 9.17) is 13.9 Å². The monoisotopic (exact) mass is 332 g/mol. The summed E-state index contributed by atoms with van der Waals surface area (Å²) in [5, 5.41) is 1.34. The second-order valence-electron chi connectivity index (χ2n) is 6.12. The molecule has 2 aromatic rings. The molecule has 2 rings (SSSR count). The summed E-state index contributed by atoms with van der Waals surface area (Å²) >= 11 is 0. The Kier molecular flexibility index (Phi) is 6.71. The van der Waals surface area contributed by atoms with Crippen molar-refractivity contribution in [2.24, 2.45) is 0 Å². The van der Waals surface area contributed by atoms with Crippen molar-refractivity contribution in [3.05, 3.63) is 33.9 Å². The van der Waals surface area contributed by atoms with Crippen LogP contribution in [0.3, 0.4) is 0 Å². The number of rotatable bonds is 9. The third-order valence-electron chi connectivity index (χ3n) is 4.35. The average molecular weight is 332 g/mol. The lowest BCUT2D eigenvalue weighted by molar-refractivity contribution is 0.385. The summed E-state index contributed by atoms with van der Waals surface area (Å²) in [5.41, 5.74) is 0.622. The van der Waals surface area contributed by atoms with E-state index in [-0.39, 0.29) is 5.63 Å². The second-order valence-corrected chi connectivity index (χ2v) is 6.12. The molecule has 4 heteroatoms. The molecule has 0 aliphatic heterocycles. The first-order chi connectivity index (χ1) is 11.7. The van der Waals surface area contributed by atoms with Gasteiger partial charge < -0.3 is 13.9 Å². The van der Waals surface area contributed by atoms with Crippen LogP contribution < -0.4 is 15.1 Å². The van der Waals surface area contributed by atoms with E-state index in [9.17, 15) is 4.79 Å². The molecule has 0 amide bonds. The van der Waals surface area contributed by atoms with Crippen LogP contribution >= 0.6 is 0 Å². The minimum absolute atomic E-state index is 0.323. The zero-order valence-corrected chi connectivity index (χ0v) is 15.2. The molecular weight excluding hydrogens is 304 g/mol. The smallest absolute Gasteiger partial charge is 0.347 e. The summed E-state index contributed by atoms with van der Waals surface area (Å²) in [5.74, 6) is 2.09. The van der Waals surface area contributed by atoms with E-state index in [1.807, 2.05) is 12.1 Å². The number of unbranched alkanes of at least 4 members (excludes halogenated alkanes) is 3. The van der Waals surface area contributed by atoms with E-state index in [1.165, 1.54) is 0 Å². The Morgan fingerprint density at radius 1 is 0.958 bits per heavy atom. The fourth-order valence-corrected chi connectivity index (χ4v) is 3.06. The van der Waals surface area contributed by atoms with Crippen molar-refractivity contribution in [1.29, 1.82) is 0 Å². The summed E-state index contributed by atoms with van der Waals surface area (Å²) in [7, 11) is 3.25. The summed E-state index contributed by atoms with van der Waals surface area (Å²) in [6.45, 7) is 4.29. The second kappa shape index (κ2) is 8.76. The van der Waals surface area contributed by atoms with Crippen LogP contribution in [0.5, 0.6) is 11.5 Å². The van der Waals surface area contributed by atoms with E-state index in [2.05, 4.69) is 13.8 Å². The molecular formula is C20H28O4. The highest BCUT2D eigenvalue weighted by molar-refractivity contribution is 5.90. The van der Waals surface area contributed by atoms with Crippen molar-refractivity contribution in [2.75, 3.05) is 14.2 Å². The summed E-state index contributed by atoms with van der Waals surface area (Å²) in [4.78, 5) is 12.6. The molecule has 1 aromatic carbocycles. The molecule has 0 fully saturated rings. The van der Waals surface area contributed by atoms with Crippen molar-refractivity contribution < 1.29 is 13.9 Å². The third kappa shape index (κ3) is 3.92.